The van der Waals surface area contributed by atoms with Crippen molar-refractivity contribution in [1.82, 2.24) is 5.32 Å². The summed E-state index contributed by atoms with van der Waals surface area (Å²) in [6.07, 6.45) is 0. The number of benzene rings is 1. The molecule has 0 saturated heterocycles. The molecule has 1 N–H and O–H groups in total. The van der Waals surface area contributed by atoms with Crippen molar-refractivity contribution in [2.45, 2.75) is 13.0 Å². The molecule has 1 atom stereocenters. The minimum atomic E-state index is 0.367. The first-order valence-corrected chi connectivity index (χ1v) is 6.36. The number of methoxy groups -OCH3 is 1. The van der Waals surface area contributed by atoms with Gasteiger partial charge in [-0.05, 0) is 18.9 Å². The van der Waals surface area contributed by atoms with E-state index in [1.54, 1.807) is 7.11 Å². The van der Waals surface area contributed by atoms with Gasteiger partial charge < -0.3 is 10.1 Å². The van der Waals surface area contributed by atoms with E-state index >= 15 is 0 Å². The van der Waals surface area contributed by atoms with Crippen molar-refractivity contribution < 1.29 is 4.74 Å². The molecule has 0 saturated carbocycles. The van der Waals surface area contributed by atoms with E-state index in [9.17, 15) is 0 Å². The number of para-hydroxylation sites is 1. The van der Waals surface area contributed by atoms with E-state index in [4.69, 9.17) is 4.74 Å². The highest BCUT2D eigenvalue weighted by atomic mass is 32.2. The Morgan fingerprint density at radius 2 is 2.13 bits per heavy atom. The summed E-state index contributed by atoms with van der Waals surface area (Å²) in [5, 5.41) is 3.33. The van der Waals surface area contributed by atoms with Gasteiger partial charge in [-0.2, -0.15) is 11.8 Å². The van der Waals surface area contributed by atoms with Gasteiger partial charge in [0.15, 0.2) is 0 Å². The maximum Gasteiger partial charge on any atom is 0.123 e. The van der Waals surface area contributed by atoms with Crippen molar-refractivity contribution in [3.8, 4) is 5.75 Å². The highest BCUT2D eigenvalue weighted by Gasteiger charge is 2.12. The van der Waals surface area contributed by atoms with Crippen molar-refractivity contribution >= 4 is 11.8 Å². The number of ether oxygens (including phenoxy) is 1. The summed E-state index contributed by atoms with van der Waals surface area (Å²) in [4.78, 5) is 0. The summed E-state index contributed by atoms with van der Waals surface area (Å²) >= 11 is 1.94. The second kappa shape index (κ2) is 6.75. The fourth-order valence-corrected chi connectivity index (χ4v) is 2.34. The summed E-state index contributed by atoms with van der Waals surface area (Å²) in [5.74, 6) is 3.19. The molecule has 0 aromatic heterocycles. The lowest BCUT2D eigenvalue weighted by Gasteiger charge is -2.18. The molecule has 0 aliphatic carbocycles. The average Bonchev–Trinajstić information content (AvgIpc) is 2.30. The van der Waals surface area contributed by atoms with Crippen LogP contribution < -0.4 is 10.1 Å². The monoisotopic (exact) mass is 225 g/mol. The van der Waals surface area contributed by atoms with Crippen LogP contribution in [0.5, 0.6) is 5.75 Å². The van der Waals surface area contributed by atoms with E-state index in [2.05, 4.69) is 24.4 Å². The molecular formula is C12H19NOS. The molecule has 84 valence electrons. The summed E-state index contributed by atoms with van der Waals surface area (Å²) in [6.45, 7) is 2.18. The highest BCUT2D eigenvalue weighted by molar-refractivity contribution is 7.99. The van der Waals surface area contributed by atoms with E-state index < -0.39 is 0 Å². The third kappa shape index (κ3) is 3.43. The molecule has 1 unspecified atom stereocenters. The fraction of sp³-hybridized carbons (Fsp3) is 0.500. The molecule has 2 nitrogen and oxygen atoms in total. The first-order chi connectivity index (χ1) is 7.33. The van der Waals surface area contributed by atoms with Crippen LogP contribution in [0.3, 0.4) is 0 Å². The third-order valence-corrected chi connectivity index (χ3v) is 3.33. The first kappa shape index (κ1) is 12.4. The molecule has 0 aliphatic heterocycles. The van der Waals surface area contributed by atoms with Crippen LogP contribution in [0.4, 0.5) is 0 Å². The Kier molecular flexibility index (Phi) is 5.58. The van der Waals surface area contributed by atoms with Crippen molar-refractivity contribution in [2.75, 3.05) is 25.7 Å². The Labute approximate surface area is 96.4 Å². The van der Waals surface area contributed by atoms with Crippen molar-refractivity contribution in [3.05, 3.63) is 29.8 Å². The molecule has 0 spiro atoms. The zero-order valence-electron chi connectivity index (χ0n) is 9.62. The zero-order chi connectivity index (χ0) is 11.1. The number of nitrogens with one attached hydrogen (secondary N) is 1. The predicted molar refractivity (Wildman–Crippen MR) is 67.8 cm³/mol. The zero-order valence-corrected chi connectivity index (χ0v) is 10.4. The van der Waals surface area contributed by atoms with E-state index in [0.717, 1.165) is 17.3 Å². The van der Waals surface area contributed by atoms with Gasteiger partial charge in [0.1, 0.15) is 5.75 Å². The molecule has 1 aromatic rings. The van der Waals surface area contributed by atoms with E-state index in [-0.39, 0.29) is 0 Å². The van der Waals surface area contributed by atoms with E-state index in [1.807, 2.05) is 30.9 Å². The average molecular weight is 225 g/mol. The van der Waals surface area contributed by atoms with Crippen LogP contribution in [0.2, 0.25) is 0 Å². The Morgan fingerprint density at radius 3 is 2.73 bits per heavy atom. The molecule has 1 aromatic carbocycles. The molecule has 15 heavy (non-hydrogen) atoms. The quantitative estimate of drug-likeness (QED) is 0.804. The Bertz CT molecular complexity index is 291. The van der Waals surface area contributed by atoms with Crippen LogP contribution in [0, 0.1) is 0 Å². The largest absolute Gasteiger partial charge is 0.496 e. The lowest BCUT2D eigenvalue weighted by molar-refractivity contribution is 0.404. The van der Waals surface area contributed by atoms with Crippen molar-refractivity contribution in [2.24, 2.45) is 0 Å². The fourth-order valence-electron chi connectivity index (χ4n) is 1.52. The number of thioether (sulfide) groups is 1. The molecule has 0 bridgehead atoms. The minimum Gasteiger partial charge on any atom is -0.496 e. The molecule has 0 heterocycles. The molecule has 0 aliphatic rings. The second-order valence-electron chi connectivity index (χ2n) is 3.24. The van der Waals surface area contributed by atoms with Gasteiger partial charge in [0.05, 0.1) is 7.11 Å². The Hall–Kier alpha value is -0.670. The maximum absolute atomic E-state index is 5.36. The normalized spacial score (nSPS) is 12.5. The molecule has 3 heteroatoms. The SMILES string of the molecule is CCSCC(NC)c1ccccc1OC. The van der Waals surface area contributed by atoms with Crippen LogP contribution in [-0.4, -0.2) is 25.7 Å². The smallest absolute Gasteiger partial charge is 0.123 e. The number of hydrogen-bond donors (Lipinski definition) is 1. The van der Waals surface area contributed by atoms with Crippen molar-refractivity contribution in [1.29, 1.82) is 0 Å². The first-order valence-electron chi connectivity index (χ1n) is 5.21. The standard InChI is InChI=1S/C12H19NOS/c1-4-15-9-11(13-2)10-7-5-6-8-12(10)14-3/h5-8,11,13H,4,9H2,1-3H3. The Balaban J connectivity index is 2.80. The van der Waals surface area contributed by atoms with Crippen molar-refractivity contribution in [3.63, 3.8) is 0 Å². The second-order valence-corrected chi connectivity index (χ2v) is 4.56. The topological polar surface area (TPSA) is 21.3 Å². The van der Waals surface area contributed by atoms with Gasteiger partial charge in [-0.3, -0.25) is 0 Å². The predicted octanol–water partition coefficient (Wildman–Crippen LogP) is 2.71. The van der Waals surface area contributed by atoms with Gasteiger partial charge in [0.25, 0.3) is 0 Å². The van der Waals surface area contributed by atoms with Gasteiger partial charge in [0.2, 0.25) is 0 Å². The van der Waals surface area contributed by atoms with E-state index in [0.29, 0.717) is 6.04 Å². The van der Waals surface area contributed by atoms with Crippen LogP contribution in [-0.2, 0) is 0 Å². The molecule has 0 radical (unpaired) electrons. The molecule has 1 rings (SSSR count). The summed E-state index contributed by atoms with van der Waals surface area (Å²) in [5.41, 5.74) is 1.24. The van der Waals surface area contributed by atoms with E-state index in [1.165, 1.54) is 5.56 Å². The van der Waals surface area contributed by atoms with Gasteiger partial charge in [-0.15, -0.1) is 0 Å². The lowest BCUT2D eigenvalue weighted by Crippen LogP contribution is -2.19. The summed E-state index contributed by atoms with van der Waals surface area (Å²) in [7, 11) is 3.71. The van der Waals surface area contributed by atoms with Gasteiger partial charge >= 0.3 is 0 Å². The molecule has 0 amide bonds. The maximum atomic E-state index is 5.36. The van der Waals surface area contributed by atoms with Crippen LogP contribution in [0.1, 0.15) is 18.5 Å². The highest BCUT2D eigenvalue weighted by Crippen LogP contribution is 2.26. The van der Waals surface area contributed by atoms with Crippen LogP contribution >= 0.6 is 11.8 Å². The summed E-state index contributed by atoms with van der Waals surface area (Å²) in [6, 6.07) is 8.55. The number of hydrogen-bond acceptors (Lipinski definition) is 3. The third-order valence-electron chi connectivity index (χ3n) is 2.35. The van der Waals surface area contributed by atoms with Gasteiger partial charge in [0, 0.05) is 17.4 Å². The van der Waals surface area contributed by atoms with Crippen LogP contribution in [0.25, 0.3) is 0 Å². The summed E-state index contributed by atoms with van der Waals surface area (Å²) < 4.78 is 5.36. The minimum absolute atomic E-state index is 0.367. The number of rotatable bonds is 6. The molecule has 0 fully saturated rings. The lowest BCUT2D eigenvalue weighted by atomic mass is 10.1. The van der Waals surface area contributed by atoms with Gasteiger partial charge in [-0.25, -0.2) is 0 Å². The van der Waals surface area contributed by atoms with Gasteiger partial charge in [-0.1, -0.05) is 25.1 Å². The Morgan fingerprint density at radius 1 is 1.40 bits per heavy atom. The molecular weight excluding hydrogens is 206 g/mol. The van der Waals surface area contributed by atoms with Crippen LogP contribution in [0.15, 0.2) is 24.3 Å².